The van der Waals surface area contributed by atoms with Gasteiger partial charge in [0.05, 0.1) is 24.5 Å². The minimum Gasteiger partial charge on any atom is -0.324 e. The normalized spacial score (nSPS) is 15.9. The molecule has 7 nitrogen and oxygen atoms in total. The van der Waals surface area contributed by atoms with Gasteiger partial charge in [-0.05, 0) is 58.0 Å². The highest BCUT2D eigenvalue weighted by atomic mass is 16.2. The van der Waals surface area contributed by atoms with Gasteiger partial charge in [0.1, 0.15) is 0 Å². The third-order valence-electron chi connectivity index (χ3n) is 5.39. The van der Waals surface area contributed by atoms with Gasteiger partial charge in [-0.25, -0.2) is 0 Å². The average molecular weight is 423 g/mol. The Balaban J connectivity index is 1.68. The minimum atomic E-state index is -0.281. The maximum Gasteiger partial charge on any atom is 0.241 e. The third-order valence-corrected chi connectivity index (χ3v) is 5.39. The zero-order chi connectivity index (χ0) is 22.7. The third kappa shape index (κ3) is 5.30. The Morgan fingerprint density at radius 2 is 1.77 bits per heavy atom. The molecule has 31 heavy (non-hydrogen) atoms. The van der Waals surface area contributed by atoms with Crippen molar-refractivity contribution in [3.63, 3.8) is 0 Å². The standard InChI is InChI=1S/C24H30N4O3/c1-15-10-16(2)24(17(3)11-15)26-22(30)13-27(5)14-23(31)28-18(4)12-21(29)25-19-8-6-7-9-20(19)28/h6-11,18H,12-14H2,1-5H3,(H,25,29)(H,26,30)/t18-/m0/s1. The maximum absolute atomic E-state index is 13.1. The van der Waals surface area contributed by atoms with Crippen molar-refractivity contribution < 1.29 is 14.4 Å². The highest BCUT2D eigenvalue weighted by molar-refractivity contribution is 6.05. The lowest BCUT2D eigenvalue weighted by atomic mass is 10.1. The van der Waals surface area contributed by atoms with Crippen LogP contribution >= 0.6 is 0 Å². The highest BCUT2D eigenvalue weighted by Gasteiger charge is 2.30. The van der Waals surface area contributed by atoms with Crippen LogP contribution in [0.25, 0.3) is 0 Å². The summed E-state index contributed by atoms with van der Waals surface area (Å²) in [6.45, 7) is 7.96. The molecule has 0 aromatic heterocycles. The first-order chi connectivity index (χ1) is 14.7. The van der Waals surface area contributed by atoms with E-state index in [4.69, 9.17) is 0 Å². The number of nitrogens with zero attached hydrogens (tertiary/aromatic N) is 2. The van der Waals surface area contributed by atoms with E-state index in [0.29, 0.717) is 11.4 Å². The number of benzene rings is 2. The van der Waals surface area contributed by atoms with Crippen molar-refractivity contribution >= 4 is 34.8 Å². The lowest BCUT2D eigenvalue weighted by Gasteiger charge is -2.29. The number of anilines is 3. The van der Waals surface area contributed by atoms with E-state index in [2.05, 4.69) is 10.6 Å². The second-order valence-corrected chi connectivity index (χ2v) is 8.38. The van der Waals surface area contributed by atoms with Crippen LogP contribution < -0.4 is 15.5 Å². The van der Waals surface area contributed by atoms with Gasteiger partial charge in [0.2, 0.25) is 17.7 Å². The summed E-state index contributed by atoms with van der Waals surface area (Å²) in [5.74, 6) is -0.451. The fraction of sp³-hybridized carbons (Fsp3) is 0.375. The van der Waals surface area contributed by atoms with Crippen molar-refractivity contribution in [2.24, 2.45) is 0 Å². The molecule has 1 atom stereocenters. The average Bonchev–Trinajstić information content (AvgIpc) is 2.78. The molecule has 0 unspecified atom stereocenters. The first-order valence-corrected chi connectivity index (χ1v) is 10.4. The SMILES string of the molecule is Cc1cc(C)c(NC(=O)CN(C)CC(=O)N2c3ccccc3NC(=O)C[C@@H]2C)c(C)c1. The quantitative estimate of drug-likeness (QED) is 0.775. The lowest BCUT2D eigenvalue weighted by Crippen LogP contribution is -2.45. The predicted molar refractivity (Wildman–Crippen MR) is 123 cm³/mol. The van der Waals surface area contributed by atoms with Crippen LogP contribution in [-0.2, 0) is 14.4 Å². The van der Waals surface area contributed by atoms with Gasteiger partial charge in [0.15, 0.2) is 0 Å². The number of nitrogens with one attached hydrogen (secondary N) is 2. The van der Waals surface area contributed by atoms with E-state index < -0.39 is 0 Å². The van der Waals surface area contributed by atoms with E-state index in [9.17, 15) is 14.4 Å². The van der Waals surface area contributed by atoms with E-state index in [0.717, 1.165) is 22.4 Å². The summed E-state index contributed by atoms with van der Waals surface area (Å²) in [5, 5.41) is 5.82. The number of carbonyl (C=O) groups is 3. The molecule has 0 radical (unpaired) electrons. The summed E-state index contributed by atoms with van der Waals surface area (Å²) in [5.41, 5.74) is 5.28. The number of carbonyl (C=O) groups excluding carboxylic acids is 3. The van der Waals surface area contributed by atoms with E-state index in [1.807, 2.05) is 58.0 Å². The van der Waals surface area contributed by atoms with Crippen LogP contribution in [0.1, 0.15) is 30.0 Å². The van der Waals surface area contributed by atoms with Crippen molar-refractivity contribution in [1.29, 1.82) is 0 Å². The molecule has 1 heterocycles. The molecular weight excluding hydrogens is 392 g/mol. The fourth-order valence-corrected chi connectivity index (χ4v) is 4.13. The second-order valence-electron chi connectivity index (χ2n) is 8.38. The van der Waals surface area contributed by atoms with Crippen LogP contribution in [0.15, 0.2) is 36.4 Å². The number of hydrogen-bond acceptors (Lipinski definition) is 4. The van der Waals surface area contributed by atoms with E-state index in [-0.39, 0.29) is 43.3 Å². The Morgan fingerprint density at radius 3 is 2.45 bits per heavy atom. The number of fused-ring (bicyclic) bond motifs is 1. The molecule has 2 aromatic carbocycles. The number of aryl methyl sites for hydroxylation is 3. The van der Waals surface area contributed by atoms with Crippen molar-refractivity contribution in [2.45, 2.75) is 40.2 Å². The molecule has 1 aliphatic rings. The number of hydrogen-bond donors (Lipinski definition) is 2. The Hall–Kier alpha value is -3.19. The van der Waals surface area contributed by atoms with Crippen LogP contribution in [0.5, 0.6) is 0 Å². The summed E-state index contributed by atoms with van der Waals surface area (Å²) in [6, 6.07) is 11.1. The molecule has 3 amide bonds. The van der Waals surface area contributed by atoms with Crippen LogP contribution in [0.2, 0.25) is 0 Å². The zero-order valence-electron chi connectivity index (χ0n) is 18.8. The summed E-state index contributed by atoms with van der Waals surface area (Å²) in [6.07, 6.45) is 0.219. The molecule has 0 aliphatic carbocycles. The van der Waals surface area contributed by atoms with Gasteiger partial charge < -0.3 is 15.5 Å². The predicted octanol–water partition coefficient (Wildman–Crippen LogP) is 3.25. The molecule has 1 aliphatic heterocycles. The summed E-state index contributed by atoms with van der Waals surface area (Å²) in [7, 11) is 1.74. The molecule has 164 valence electrons. The fourth-order valence-electron chi connectivity index (χ4n) is 4.13. The lowest BCUT2D eigenvalue weighted by molar-refractivity contribution is -0.121. The van der Waals surface area contributed by atoms with E-state index in [1.165, 1.54) is 0 Å². The van der Waals surface area contributed by atoms with Crippen molar-refractivity contribution in [2.75, 3.05) is 35.7 Å². The Kier molecular flexibility index (Phi) is 6.75. The molecular formula is C24H30N4O3. The van der Waals surface area contributed by atoms with Crippen LogP contribution in [0.4, 0.5) is 17.1 Å². The van der Waals surface area contributed by atoms with Crippen molar-refractivity contribution in [3.8, 4) is 0 Å². The largest absolute Gasteiger partial charge is 0.324 e. The molecule has 0 saturated carbocycles. The Morgan fingerprint density at radius 1 is 1.13 bits per heavy atom. The monoisotopic (exact) mass is 422 g/mol. The maximum atomic E-state index is 13.1. The summed E-state index contributed by atoms with van der Waals surface area (Å²) < 4.78 is 0. The Labute approximate surface area is 183 Å². The van der Waals surface area contributed by atoms with Gasteiger partial charge in [-0.15, -0.1) is 0 Å². The molecule has 2 N–H and O–H groups in total. The highest BCUT2D eigenvalue weighted by Crippen LogP contribution is 2.31. The van der Waals surface area contributed by atoms with Crippen molar-refractivity contribution in [3.05, 3.63) is 53.1 Å². The van der Waals surface area contributed by atoms with E-state index in [1.54, 1.807) is 22.9 Å². The van der Waals surface area contributed by atoms with Gasteiger partial charge in [-0.3, -0.25) is 19.3 Å². The van der Waals surface area contributed by atoms with Gasteiger partial charge in [0.25, 0.3) is 0 Å². The van der Waals surface area contributed by atoms with Crippen LogP contribution in [0, 0.1) is 20.8 Å². The van der Waals surface area contributed by atoms with Gasteiger partial charge in [0, 0.05) is 18.2 Å². The number of likely N-dealkylation sites (N-methyl/N-ethyl adjacent to an activating group) is 1. The minimum absolute atomic E-state index is 0.0617. The van der Waals surface area contributed by atoms with Gasteiger partial charge in [-0.2, -0.15) is 0 Å². The molecule has 3 rings (SSSR count). The van der Waals surface area contributed by atoms with Crippen LogP contribution in [0.3, 0.4) is 0 Å². The molecule has 0 saturated heterocycles. The number of rotatable bonds is 5. The first-order valence-electron chi connectivity index (χ1n) is 10.4. The molecule has 0 fully saturated rings. The smallest absolute Gasteiger partial charge is 0.241 e. The van der Waals surface area contributed by atoms with E-state index >= 15 is 0 Å². The summed E-state index contributed by atoms with van der Waals surface area (Å²) in [4.78, 5) is 41.2. The summed E-state index contributed by atoms with van der Waals surface area (Å²) >= 11 is 0. The topological polar surface area (TPSA) is 81.8 Å². The molecule has 7 heteroatoms. The molecule has 2 aromatic rings. The van der Waals surface area contributed by atoms with Gasteiger partial charge >= 0.3 is 0 Å². The Bertz CT molecular complexity index is 995. The van der Waals surface area contributed by atoms with Gasteiger partial charge in [-0.1, -0.05) is 29.8 Å². The second kappa shape index (κ2) is 9.31. The van der Waals surface area contributed by atoms with Crippen molar-refractivity contribution in [1.82, 2.24) is 4.90 Å². The first kappa shape index (κ1) is 22.5. The van der Waals surface area contributed by atoms with Crippen LogP contribution in [-0.4, -0.2) is 48.8 Å². The zero-order valence-corrected chi connectivity index (χ0v) is 18.8. The number of amides is 3. The molecule has 0 bridgehead atoms. The molecule has 0 spiro atoms. The number of para-hydroxylation sites is 2.